The van der Waals surface area contributed by atoms with E-state index in [0.29, 0.717) is 19.6 Å². The van der Waals surface area contributed by atoms with E-state index in [2.05, 4.69) is 23.8 Å². The fourth-order valence-corrected chi connectivity index (χ4v) is 4.83. The summed E-state index contributed by atoms with van der Waals surface area (Å²) in [7, 11) is -3.29. The lowest BCUT2D eigenvalue weighted by molar-refractivity contribution is 0.0569. The largest absolute Gasteiger partial charge is 0.381 e. The fraction of sp³-hybridized carbons (Fsp3) is 0.625. The van der Waals surface area contributed by atoms with Crippen LogP contribution in [-0.2, 0) is 21.2 Å². The Balaban J connectivity index is 2.18. The van der Waals surface area contributed by atoms with Crippen LogP contribution in [0.25, 0.3) is 0 Å². The third-order valence-electron chi connectivity index (χ3n) is 3.95. The molecule has 0 radical (unpaired) electrons. The monoisotopic (exact) mass is 311 g/mol. The molecular weight excluding hydrogens is 286 g/mol. The Morgan fingerprint density at radius 1 is 1.33 bits per heavy atom. The van der Waals surface area contributed by atoms with Crippen LogP contribution in [0.15, 0.2) is 24.3 Å². The summed E-state index contributed by atoms with van der Waals surface area (Å²) in [6.07, 6.45) is 1.31. The first kappa shape index (κ1) is 16.5. The minimum atomic E-state index is -3.29. The smallest absolute Gasteiger partial charge is 0.215 e. The van der Waals surface area contributed by atoms with Crippen molar-refractivity contribution in [1.82, 2.24) is 4.72 Å². The van der Waals surface area contributed by atoms with Gasteiger partial charge in [-0.2, -0.15) is 0 Å². The number of hydrogen-bond acceptors (Lipinski definition) is 3. The molecule has 0 aromatic heterocycles. The van der Waals surface area contributed by atoms with Crippen molar-refractivity contribution in [2.24, 2.45) is 5.92 Å². The highest BCUT2D eigenvalue weighted by Crippen LogP contribution is 2.26. The van der Waals surface area contributed by atoms with Gasteiger partial charge < -0.3 is 4.74 Å². The van der Waals surface area contributed by atoms with Crippen molar-refractivity contribution in [1.29, 1.82) is 0 Å². The number of benzene rings is 1. The van der Waals surface area contributed by atoms with Gasteiger partial charge in [-0.05, 0) is 44.7 Å². The van der Waals surface area contributed by atoms with Crippen molar-refractivity contribution >= 4 is 10.0 Å². The van der Waals surface area contributed by atoms with Crippen LogP contribution in [0.3, 0.4) is 0 Å². The highest BCUT2D eigenvalue weighted by molar-refractivity contribution is 7.90. The first-order chi connectivity index (χ1) is 9.90. The van der Waals surface area contributed by atoms with Crippen LogP contribution in [0.1, 0.15) is 31.4 Å². The summed E-state index contributed by atoms with van der Waals surface area (Å²) >= 11 is 0. The fourth-order valence-electron chi connectivity index (χ4n) is 2.91. The lowest BCUT2D eigenvalue weighted by atomic mass is 9.91. The first-order valence-corrected chi connectivity index (χ1v) is 9.08. The molecule has 1 heterocycles. The van der Waals surface area contributed by atoms with Crippen LogP contribution in [0, 0.1) is 12.8 Å². The average molecular weight is 311 g/mol. The van der Waals surface area contributed by atoms with E-state index in [4.69, 9.17) is 4.74 Å². The summed E-state index contributed by atoms with van der Waals surface area (Å²) in [6.45, 7) is 6.81. The van der Waals surface area contributed by atoms with Gasteiger partial charge in [0.1, 0.15) is 0 Å². The Hall–Kier alpha value is -0.910. The van der Waals surface area contributed by atoms with Crippen molar-refractivity contribution in [2.75, 3.05) is 13.2 Å². The molecule has 4 nitrogen and oxygen atoms in total. The lowest BCUT2D eigenvalue weighted by Crippen LogP contribution is -2.46. The molecule has 1 aliphatic rings. The number of aryl methyl sites for hydroxylation is 1. The third-order valence-corrected chi connectivity index (χ3v) is 6.16. The van der Waals surface area contributed by atoms with Gasteiger partial charge in [0.05, 0.1) is 11.9 Å². The Bertz CT molecular complexity index is 569. The van der Waals surface area contributed by atoms with Crippen molar-refractivity contribution in [3.8, 4) is 0 Å². The van der Waals surface area contributed by atoms with E-state index in [1.165, 1.54) is 11.1 Å². The molecular formula is C16H25NO3S. The van der Waals surface area contributed by atoms with Crippen LogP contribution in [0.4, 0.5) is 0 Å². The highest BCUT2D eigenvalue weighted by atomic mass is 32.2. The Morgan fingerprint density at radius 3 is 2.71 bits per heavy atom. The number of nitrogens with one attached hydrogen (secondary N) is 1. The van der Waals surface area contributed by atoms with Gasteiger partial charge in [-0.1, -0.05) is 24.3 Å². The van der Waals surface area contributed by atoms with Crippen molar-refractivity contribution in [3.05, 3.63) is 35.4 Å². The van der Waals surface area contributed by atoms with Crippen LogP contribution in [0.2, 0.25) is 0 Å². The topological polar surface area (TPSA) is 55.4 Å². The third kappa shape index (κ3) is 4.28. The molecule has 1 aromatic carbocycles. The predicted octanol–water partition coefficient (Wildman–Crippen LogP) is 2.27. The standard InChI is InChI=1S/C16H25NO3S/c1-12(2)17-21(18,19)16-8-9-20-11-15(16)10-14-7-5-4-6-13(14)3/h4-7,12,15-17H,8-11H2,1-3H3/t15-,16+/m0/s1. The molecule has 0 bridgehead atoms. The number of sulfonamides is 1. The molecule has 0 spiro atoms. The van der Waals surface area contributed by atoms with E-state index in [9.17, 15) is 8.42 Å². The molecule has 1 N–H and O–H groups in total. The Kier molecular flexibility index (Phi) is 5.41. The molecule has 1 fully saturated rings. The number of rotatable bonds is 5. The molecule has 2 atom stereocenters. The van der Waals surface area contributed by atoms with E-state index in [1.54, 1.807) is 0 Å². The molecule has 1 saturated heterocycles. The maximum Gasteiger partial charge on any atom is 0.215 e. The van der Waals surface area contributed by atoms with Crippen LogP contribution in [0.5, 0.6) is 0 Å². The second kappa shape index (κ2) is 6.90. The number of hydrogen-bond donors (Lipinski definition) is 1. The van der Waals surface area contributed by atoms with Gasteiger partial charge in [-0.15, -0.1) is 0 Å². The lowest BCUT2D eigenvalue weighted by Gasteiger charge is -2.32. The summed E-state index contributed by atoms with van der Waals surface area (Å²) < 4.78 is 33.3. The summed E-state index contributed by atoms with van der Waals surface area (Å²) in [6, 6.07) is 8.07. The highest BCUT2D eigenvalue weighted by Gasteiger charge is 2.36. The van der Waals surface area contributed by atoms with Gasteiger partial charge >= 0.3 is 0 Å². The first-order valence-electron chi connectivity index (χ1n) is 7.53. The summed E-state index contributed by atoms with van der Waals surface area (Å²) in [5, 5.41) is -0.367. The second-order valence-electron chi connectivity index (χ2n) is 6.11. The van der Waals surface area contributed by atoms with Gasteiger partial charge in [0.2, 0.25) is 10.0 Å². The molecule has 2 rings (SSSR count). The summed E-state index contributed by atoms with van der Waals surface area (Å²) in [4.78, 5) is 0. The van der Waals surface area contributed by atoms with E-state index >= 15 is 0 Å². The van der Waals surface area contributed by atoms with Gasteiger partial charge in [0.15, 0.2) is 0 Å². The minimum Gasteiger partial charge on any atom is -0.381 e. The molecule has 1 aliphatic heterocycles. The summed E-state index contributed by atoms with van der Waals surface area (Å²) in [5.74, 6) is 0.0103. The second-order valence-corrected chi connectivity index (χ2v) is 8.04. The van der Waals surface area contributed by atoms with Crippen molar-refractivity contribution in [3.63, 3.8) is 0 Å². The van der Waals surface area contributed by atoms with E-state index in [-0.39, 0.29) is 17.2 Å². The van der Waals surface area contributed by atoms with Crippen LogP contribution >= 0.6 is 0 Å². The zero-order valence-corrected chi connectivity index (χ0v) is 13.8. The number of ether oxygens (including phenoxy) is 1. The molecule has 0 aliphatic carbocycles. The quantitative estimate of drug-likeness (QED) is 0.907. The summed E-state index contributed by atoms with van der Waals surface area (Å²) in [5.41, 5.74) is 2.41. The maximum absolute atomic E-state index is 12.5. The predicted molar refractivity (Wildman–Crippen MR) is 84.8 cm³/mol. The van der Waals surface area contributed by atoms with Gasteiger partial charge in [-0.25, -0.2) is 13.1 Å². The van der Waals surface area contributed by atoms with Crippen molar-refractivity contribution in [2.45, 2.75) is 44.9 Å². The minimum absolute atomic E-state index is 0.0103. The molecule has 5 heteroatoms. The molecule has 0 saturated carbocycles. The molecule has 118 valence electrons. The molecule has 0 unspecified atom stereocenters. The molecule has 0 amide bonds. The van der Waals surface area contributed by atoms with E-state index in [1.807, 2.05) is 26.0 Å². The van der Waals surface area contributed by atoms with Crippen LogP contribution in [-0.4, -0.2) is 32.9 Å². The maximum atomic E-state index is 12.5. The SMILES string of the molecule is Cc1ccccc1C[C@H]1COCC[C@H]1S(=O)(=O)NC(C)C. The average Bonchev–Trinajstić information content (AvgIpc) is 2.40. The zero-order valence-electron chi connectivity index (χ0n) is 13.0. The Morgan fingerprint density at radius 2 is 2.05 bits per heavy atom. The molecule has 1 aromatic rings. The Labute approximate surface area is 127 Å². The van der Waals surface area contributed by atoms with E-state index < -0.39 is 10.0 Å². The van der Waals surface area contributed by atoms with Gasteiger partial charge in [0, 0.05) is 18.6 Å². The normalized spacial score (nSPS) is 23.4. The van der Waals surface area contributed by atoms with E-state index in [0.717, 1.165) is 6.42 Å². The van der Waals surface area contributed by atoms with Gasteiger partial charge in [-0.3, -0.25) is 0 Å². The van der Waals surface area contributed by atoms with Crippen molar-refractivity contribution < 1.29 is 13.2 Å². The van der Waals surface area contributed by atoms with Gasteiger partial charge in [0.25, 0.3) is 0 Å². The zero-order chi connectivity index (χ0) is 15.5. The van der Waals surface area contributed by atoms with Crippen LogP contribution < -0.4 is 4.72 Å². The molecule has 21 heavy (non-hydrogen) atoms.